The number of sulfone groups is 1. The number of hydrogen-bond donors (Lipinski definition) is 2. The Morgan fingerprint density at radius 3 is 2.36 bits per heavy atom. The van der Waals surface area contributed by atoms with Gasteiger partial charge in [0.05, 0.1) is 16.3 Å². The lowest BCUT2D eigenvalue weighted by Gasteiger charge is -2.09. The van der Waals surface area contributed by atoms with Crippen LogP contribution >= 0.6 is 0 Å². The van der Waals surface area contributed by atoms with Crippen molar-refractivity contribution in [1.29, 1.82) is 0 Å². The first kappa shape index (κ1) is 19.6. The van der Waals surface area contributed by atoms with Gasteiger partial charge in [-0.2, -0.15) is 0 Å². The third-order valence-electron chi connectivity index (χ3n) is 4.24. The van der Waals surface area contributed by atoms with E-state index in [1.807, 2.05) is 26.0 Å². The van der Waals surface area contributed by atoms with Crippen molar-refractivity contribution >= 4 is 21.5 Å². The molecule has 1 heterocycles. The van der Waals surface area contributed by atoms with E-state index in [2.05, 4.69) is 15.3 Å². The summed E-state index contributed by atoms with van der Waals surface area (Å²) in [6, 6.07) is 15.6. The van der Waals surface area contributed by atoms with Gasteiger partial charge in [0.2, 0.25) is 9.84 Å². The average molecular weight is 395 g/mol. The highest BCUT2D eigenvalue weighted by molar-refractivity contribution is 7.91. The normalized spacial score (nSPS) is 12.0. The van der Waals surface area contributed by atoms with E-state index < -0.39 is 9.84 Å². The summed E-state index contributed by atoms with van der Waals surface area (Å²) < 4.78 is 25.8. The Kier molecular flexibility index (Phi) is 5.75. The fourth-order valence-electron chi connectivity index (χ4n) is 2.80. The summed E-state index contributed by atoms with van der Waals surface area (Å²) >= 11 is 0. The van der Waals surface area contributed by atoms with Gasteiger partial charge in [-0.15, -0.1) is 0 Å². The molecule has 7 heteroatoms. The van der Waals surface area contributed by atoms with Crippen LogP contribution in [0.5, 0.6) is 0 Å². The molecule has 0 amide bonds. The molecule has 3 N–H and O–H groups in total. The van der Waals surface area contributed by atoms with Crippen molar-refractivity contribution in [3.8, 4) is 0 Å². The minimum atomic E-state index is -3.55. The molecule has 2 aromatic carbocycles. The maximum atomic E-state index is 12.9. The Balaban J connectivity index is 1.73. The molecule has 0 spiro atoms. The zero-order valence-corrected chi connectivity index (χ0v) is 16.6. The van der Waals surface area contributed by atoms with E-state index in [9.17, 15) is 8.42 Å². The number of benzene rings is 2. The van der Waals surface area contributed by atoms with Crippen LogP contribution in [0.2, 0.25) is 0 Å². The Morgan fingerprint density at radius 2 is 1.71 bits per heavy atom. The smallest absolute Gasteiger partial charge is 0.206 e. The number of rotatable bonds is 5. The zero-order chi connectivity index (χ0) is 20.1. The number of nitrogens with zero attached hydrogens (tertiary/aromatic N) is 2. The summed E-state index contributed by atoms with van der Waals surface area (Å²) in [5.74, 6) is 0.276. The molecule has 0 saturated heterocycles. The van der Waals surface area contributed by atoms with E-state index in [0.29, 0.717) is 11.4 Å². The molecule has 28 heavy (non-hydrogen) atoms. The summed E-state index contributed by atoms with van der Waals surface area (Å²) in [6.45, 7) is 4.09. The Labute approximate surface area is 165 Å². The molecular formula is C21H22N4O2S. The van der Waals surface area contributed by atoms with Crippen LogP contribution in [0.1, 0.15) is 16.7 Å². The van der Waals surface area contributed by atoms with Gasteiger partial charge in [0.15, 0.2) is 5.96 Å². The standard InChI is InChI=1S/C21H22N4O2S/c1-15-3-8-20(16(2)13-15)28(26,27)19-6-4-17(5-7-19)14-24-21(22)25-18-9-11-23-12-10-18/h3-13H,14H2,1-2H3,(H3,22,23,24,25). The molecule has 0 aliphatic heterocycles. The molecule has 0 aliphatic carbocycles. The number of nitrogens with two attached hydrogens (primary N) is 1. The van der Waals surface area contributed by atoms with Gasteiger partial charge in [0.25, 0.3) is 0 Å². The summed E-state index contributed by atoms with van der Waals surface area (Å²) in [7, 11) is -3.55. The van der Waals surface area contributed by atoms with Crippen LogP contribution in [0.4, 0.5) is 5.69 Å². The number of aliphatic imine (C=N–C) groups is 1. The fraction of sp³-hybridized carbons (Fsp3) is 0.143. The van der Waals surface area contributed by atoms with Crippen molar-refractivity contribution in [3.05, 3.63) is 83.7 Å². The number of nitrogens with one attached hydrogen (secondary N) is 1. The zero-order valence-electron chi connectivity index (χ0n) is 15.8. The van der Waals surface area contributed by atoms with Crippen molar-refractivity contribution in [1.82, 2.24) is 4.98 Å². The minimum absolute atomic E-state index is 0.259. The predicted molar refractivity (Wildman–Crippen MR) is 111 cm³/mol. The molecule has 0 radical (unpaired) electrons. The summed E-state index contributed by atoms with van der Waals surface area (Å²) in [4.78, 5) is 8.80. The number of hydrogen-bond acceptors (Lipinski definition) is 4. The first-order valence-electron chi connectivity index (χ1n) is 8.74. The lowest BCUT2D eigenvalue weighted by Crippen LogP contribution is -2.22. The van der Waals surface area contributed by atoms with Crippen molar-refractivity contribution in [2.45, 2.75) is 30.2 Å². The third kappa shape index (κ3) is 4.55. The van der Waals surface area contributed by atoms with Gasteiger partial charge in [-0.3, -0.25) is 4.98 Å². The van der Waals surface area contributed by atoms with Crippen LogP contribution < -0.4 is 11.1 Å². The van der Waals surface area contributed by atoms with E-state index >= 15 is 0 Å². The highest BCUT2D eigenvalue weighted by Crippen LogP contribution is 2.25. The second kappa shape index (κ2) is 8.22. The number of anilines is 1. The second-order valence-corrected chi connectivity index (χ2v) is 8.40. The largest absolute Gasteiger partial charge is 0.370 e. The lowest BCUT2D eigenvalue weighted by molar-refractivity contribution is 0.595. The highest BCUT2D eigenvalue weighted by Gasteiger charge is 2.19. The van der Waals surface area contributed by atoms with Gasteiger partial charge in [-0.1, -0.05) is 29.8 Å². The van der Waals surface area contributed by atoms with Crippen molar-refractivity contribution in [2.24, 2.45) is 10.7 Å². The second-order valence-electron chi connectivity index (χ2n) is 6.48. The van der Waals surface area contributed by atoms with Crippen LogP contribution in [0.3, 0.4) is 0 Å². The maximum absolute atomic E-state index is 12.9. The van der Waals surface area contributed by atoms with E-state index in [1.54, 1.807) is 54.9 Å². The first-order chi connectivity index (χ1) is 13.4. The lowest BCUT2D eigenvalue weighted by atomic mass is 10.2. The van der Waals surface area contributed by atoms with Gasteiger partial charge >= 0.3 is 0 Å². The Hall–Kier alpha value is -3.19. The molecular weight excluding hydrogens is 372 g/mol. The molecule has 3 rings (SSSR count). The van der Waals surface area contributed by atoms with Crippen LogP contribution in [0, 0.1) is 13.8 Å². The summed E-state index contributed by atoms with van der Waals surface area (Å²) in [5, 5.41) is 2.97. The molecule has 0 saturated carbocycles. The average Bonchev–Trinajstić information content (AvgIpc) is 2.67. The van der Waals surface area contributed by atoms with Gasteiger partial charge in [0.1, 0.15) is 0 Å². The van der Waals surface area contributed by atoms with Crippen LogP contribution in [-0.4, -0.2) is 19.4 Å². The van der Waals surface area contributed by atoms with Gasteiger partial charge < -0.3 is 11.1 Å². The summed E-state index contributed by atoms with van der Waals surface area (Å²) in [6.07, 6.45) is 3.31. The molecule has 1 aromatic heterocycles. The highest BCUT2D eigenvalue weighted by atomic mass is 32.2. The quantitative estimate of drug-likeness (QED) is 0.510. The predicted octanol–water partition coefficient (Wildman–Crippen LogP) is 3.46. The maximum Gasteiger partial charge on any atom is 0.206 e. The van der Waals surface area contributed by atoms with E-state index in [0.717, 1.165) is 22.4 Å². The number of aryl methyl sites for hydroxylation is 2. The van der Waals surface area contributed by atoms with Crippen LogP contribution in [0.25, 0.3) is 0 Å². The fourth-order valence-corrected chi connectivity index (χ4v) is 4.28. The number of aromatic nitrogens is 1. The van der Waals surface area contributed by atoms with Crippen LogP contribution in [-0.2, 0) is 16.4 Å². The number of guanidine groups is 1. The Bertz CT molecular complexity index is 1090. The molecule has 0 bridgehead atoms. The van der Waals surface area contributed by atoms with Gasteiger partial charge in [0, 0.05) is 18.1 Å². The van der Waals surface area contributed by atoms with Crippen molar-refractivity contribution in [3.63, 3.8) is 0 Å². The molecule has 0 unspecified atom stereocenters. The molecule has 0 atom stereocenters. The van der Waals surface area contributed by atoms with Crippen LogP contribution in [0.15, 0.2) is 81.8 Å². The van der Waals surface area contributed by atoms with Crippen molar-refractivity contribution in [2.75, 3.05) is 5.32 Å². The Morgan fingerprint density at radius 1 is 1.04 bits per heavy atom. The molecule has 6 nitrogen and oxygen atoms in total. The monoisotopic (exact) mass is 394 g/mol. The van der Waals surface area contributed by atoms with Crippen molar-refractivity contribution < 1.29 is 8.42 Å². The minimum Gasteiger partial charge on any atom is -0.370 e. The molecule has 0 fully saturated rings. The number of pyridine rings is 1. The molecule has 144 valence electrons. The van der Waals surface area contributed by atoms with Gasteiger partial charge in [-0.25, -0.2) is 13.4 Å². The molecule has 3 aromatic rings. The first-order valence-corrected chi connectivity index (χ1v) is 10.2. The molecule has 0 aliphatic rings. The van der Waals surface area contributed by atoms with E-state index in [-0.39, 0.29) is 10.9 Å². The third-order valence-corrected chi connectivity index (χ3v) is 6.17. The van der Waals surface area contributed by atoms with E-state index in [1.165, 1.54) is 0 Å². The SMILES string of the molecule is Cc1ccc(S(=O)(=O)c2ccc(CN=C(N)Nc3ccncc3)cc2)c(C)c1. The topological polar surface area (TPSA) is 97.4 Å². The van der Waals surface area contributed by atoms with Gasteiger partial charge in [-0.05, 0) is 55.3 Å². The van der Waals surface area contributed by atoms with E-state index in [4.69, 9.17) is 5.73 Å². The summed E-state index contributed by atoms with van der Waals surface area (Å²) in [5.41, 5.74) is 9.31.